The summed E-state index contributed by atoms with van der Waals surface area (Å²) in [5.74, 6) is 0.0945. The first kappa shape index (κ1) is 21.7. The molecule has 0 aliphatic carbocycles. The SMILES string of the molecule is Cc1ccc(SC(Sc2ccc(C)cc2)C(=O)[C@H](C)OCc2ccccc2)cc1. The zero-order chi connectivity index (χ0) is 20.6. The van der Waals surface area contributed by atoms with Gasteiger partial charge in [-0.25, -0.2) is 0 Å². The van der Waals surface area contributed by atoms with Crippen LogP contribution in [0.15, 0.2) is 88.7 Å². The number of carbonyl (C=O) groups excluding carboxylic acids is 1. The van der Waals surface area contributed by atoms with E-state index in [1.54, 1.807) is 23.5 Å². The summed E-state index contributed by atoms with van der Waals surface area (Å²) in [6.07, 6.45) is -0.476. The van der Waals surface area contributed by atoms with Gasteiger partial charge in [0.15, 0.2) is 5.78 Å². The molecule has 0 amide bonds. The molecule has 3 rings (SSSR count). The van der Waals surface area contributed by atoms with Crippen molar-refractivity contribution in [1.29, 1.82) is 0 Å². The quantitative estimate of drug-likeness (QED) is 0.283. The molecule has 0 radical (unpaired) electrons. The Morgan fingerprint density at radius 3 is 1.76 bits per heavy atom. The molecule has 0 unspecified atom stereocenters. The van der Waals surface area contributed by atoms with Gasteiger partial charge in [-0.05, 0) is 50.6 Å². The second-order valence-electron chi connectivity index (χ2n) is 7.03. The topological polar surface area (TPSA) is 26.3 Å². The van der Waals surface area contributed by atoms with Crippen LogP contribution in [0.2, 0.25) is 0 Å². The van der Waals surface area contributed by atoms with E-state index in [-0.39, 0.29) is 10.4 Å². The van der Waals surface area contributed by atoms with Gasteiger partial charge in [0.05, 0.1) is 6.61 Å². The standard InChI is InChI=1S/C25H26O2S2/c1-18-9-13-22(14-10-18)28-25(29-23-15-11-19(2)12-16-23)24(26)20(3)27-17-21-7-5-4-6-8-21/h4-16,20,25H,17H2,1-3H3/t20-/m0/s1. The molecular formula is C25H26O2S2. The summed E-state index contributed by atoms with van der Waals surface area (Å²) in [5.41, 5.74) is 3.49. The van der Waals surface area contributed by atoms with E-state index >= 15 is 0 Å². The van der Waals surface area contributed by atoms with Crippen molar-refractivity contribution in [3.63, 3.8) is 0 Å². The number of thioether (sulfide) groups is 2. The smallest absolute Gasteiger partial charge is 0.184 e. The number of Topliss-reactive ketones (excluding diaryl/α,β-unsaturated/α-hetero) is 1. The van der Waals surface area contributed by atoms with Crippen LogP contribution in [0.3, 0.4) is 0 Å². The molecular weight excluding hydrogens is 396 g/mol. The van der Waals surface area contributed by atoms with Crippen LogP contribution in [0.25, 0.3) is 0 Å². The second-order valence-corrected chi connectivity index (χ2v) is 9.69. The highest BCUT2D eigenvalue weighted by Crippen LogP contribution is 2.37. The summed E-state index contributed by atoms with van der Waals surface area (Å²) < 4.78 is 5.64. The third-order valence-corrected chi connectivity index (χ3v) is 7.06. The molecule has 3 aromatic carbocycles. The molecule has 0 N–H and O–H groups in total. The predicted octanol–water partition coefficient (Wildman–Crippen LogP) is 6.69. The summed E-state index contributed by atoms with van der Waals surface area (Å²) in [4.78, 5) is 15.4. The molecule has 0 aliphatic heterocycles. The van der Waals surface area contributed by atoms with E-state index in [4.69, 9.17) is 4.74 Å². The van der Waals surface area contributed by atoms with E-state index in [1.165, 1.54) is 11.1 Å². The number of aryl methyl sites for hydroxylation is 2. The van der Waals surface area contributed by atoms with Gasteiger partial charge in [-0.15, -0.1) is 23.5 Å². The average molecular weight is 423 g/mol. The lowest BCUT2D eigenvalue weighted by Gasteiger charge is -2.20. The monoisotopic (exact) mass is 422 g/mol. The number of benzene rings is 3. The van der Waals surface area contributed by atoms with E-state index in [0.717, 1.165) is 15.4 Å². The largest absolute Gasteiger partial charge is 0.366 e. The van der Waals surface area contributed by atoms with Crippen LogP contribution in [-0.4, -0.2) is 16.5 Å². The molecule has 4 heteroatoms. The van der Waals surface area contributed by atoms with Crippen LogP contribution in [0.5, 0.6) is 0 Å². The average Bonchev–Trinajstić information content (AvgIpc) is 2.75. The lowest BCUT2D eigenvalue weighted by molar-refractivity contribution is -0.128. The van der Waals surface area contributed by atoms with Gasteiger partial charge in [-0.2, -0.15) is 0 Å². The molecule has 0 aliphatic rings. The van der Waals surface area contributed by atoms with Crippen molar-refractivity contribution in [3.8, 4) is 0 Å². The van der Waals surface area contributed by atoms with Gasteiger partial charge in [-0.1, -0.05) is 65.7 Å². The van der Waals surface area contributed by atoms with Crippen LogP contribution in [-0.2, 0) is 16.1 Å². The van der Waals surface area contributed by atoms with Crippen LogP contribution in [0.4, 0.5) is 0 Å². The van der Waals surface area contributed by atoms with Crippen molar-refractivity contribution in [2.24, 2.45) is 0 Å². The fourth-order valence-electron chi connectivity index (χ4n) is 2.69. The van der Waals surface area contributed by atoms with Gasteiger partial charge >= 0.3 is 0 Å². The number of ether oxygens (including phenoxy) is 1. The van der Waals surface area contributed by atoms with E-state index in [9.17, 15) is 4.79 Å². The molecule has 3 aromatic rings. The Kier molecular flexibility index (Phi) is 7.99. The fraction of sp³-hybridized carbons (Fsp3) is 0.240. The first-order valence-corrected chi connectivity index (χ1v) is 11.4. The van der Waals surface area contributed by atoms with Crippen molar-refractivity contribution in [1.82, 2.24) is 0 Å². The van der Waals surface area contributed by atoms with E-state index in [0.29, 0.717) is 6.61 Å². The van der Waals surface area contributed by atoms with Gasteiger partial charge in [-0.3, -0.25) is 4.79 Å². The highest BCUT2D eigenvalue weighted by Gasteiger charge is 2.27. The predicted molar refractivity (Wildman–Crippen MR) is 124 cm³/mol. The normalized spacial score (nSPS) is 12.1. The van der Waals surface area contributed by atoms with Crippen molar-refractivity contribution < 1.29 is 9.53 Å². The Labute approximate surface area is 182 Å². The van der Waals surface area contributed by atoms with Gasteiger partial charge < -0.3 is 4.74 Å². The summed E-state index contributed by atoms with van der Waals surface area (Å²) in [7, 11) is 0. The van der Waals surface area contributed by atoms with Crippen LogP contribution < -0.4 is 0 Å². The Balaban J connectivity index is 1.71. The number of carbonyl (C=O) groups is 1. The lowest BCUT2D eigenvalue weighted by atomic mass is 10.2. The van der Waals surface area contributed by atoms with Gasteiger partial charge in [0.1, 0.15) is 10.7 Å². The Hall–Kier alpha value is -2.01. The van der Waals surface area contributed by atoms with Crippen molar-refractivity contribution >= 4 is 29.3 Å². The summed E-state index contributed by atoms with van der Waals surface area (Å²) in [6.45, 7) is 6.42. The molecule has 1 atom stereocenters. The van der Waals surface area contributed by atoms with Gasteiger partial charge in [0.2, 0.25) is 0 Å². The third-order valence-electron chi connectivity index (χ3n) is 4.50. The zero-order valence-corrected chi connectivity index (χ0v) is 18.6. The first-order chi connectivity index (χ1) is 14.0. The minimum Gasteiger partial charge on any atom is -0.366 e. The Morgan fingerprint density at radius 2 is 1.28 bits per heavy atom. The lowest BCUT2D eigenvalue weighted by Crippen LogP contribution is -2.28. The zero-order valence-electron chi connectivity index (χ0n) is 17.0. The van der Waals surface area contributed by atoms with E-state index in [1.807, 2.05) is 37.3 Å². The number of rotatable bonds is 9. The van der Waals surface area contributed by atoms with Gasteiger partial charge in [0, 0.05) is 9.79 Å². The van der Waals surface area contributed by atoms with Crippen molar-refractivity contribution in [2.45, 2.75) is 47.9 Å². The number of hydrogen-bond acceptors (Lipinski definition) is 4. The van der Waals surface area contributed by atoms with Crippen LogP contribution in [0.1, 0.15) is 23.6 Å². The highest BCUT2D eigenvalue weighted by atomic mass is 32.2. The molecule has 0 saturated heterocycles. The summed E-state index contributed by atoms with van der Waals surface area (Å²) in [5, 5.41) is 0. The first-order valence-electron chi connectivity index (χ1n) is 9.67. The van der Waals surface area contributed by atoms with Crippen molar-refractivity contribution in [3.05, 3.63) is 95.6 Å². The minimum absolute atomic E-state index is 0.0945. The molecule has 0 heterocycles. The van der Waals surface area contributed by atoms with Crippen LogP contribution >= 0.6 is 23.5 Å². The van der Waals surface area contributed by atoms with Crippen LogP contribution in [0, 0.1) is 13.8 Å². The Morgan fingerprint density at radius 1 is 0.793 bits per heavy atom. The minimum atomic E-state index is -0.476. The maximum Gasteiger partial charge on any atom is 0.184 e. The molecule has 0 saturated carbocycles. The van der Waals surface area contributed by atoms with E-state index in [2.05, 4.69) is 62.4 Å². The fourth-order valence-corrected chi connectivity index (χ4v) is 5.25. The molecule has 0 aromatic heterocycles. The molecule has 2 nitrogen and oxygen atoms in total. The molecule has 29 heavy (non-hydrogen) atoms. The third kappa shape index (κ3) is 6.77. The molecule has 150 valence electrons. The Bertz CT molecular complexity index is 858. The maximum atomic E-state index is 13.2. The molecule has 0 spiro atoms. The molecule has 0 bridgehead atoms. The van der Waals surface area contributed by atoms with Gasteiger partial charge in [0.25, 0.3) is 0 Å². The van der Waals surface area contributed by atoms with Crippen molar-refractivity contribution in [2.75, 3.05) is 0 Å². The summed E-state index contributed by atoms with van der Waals surface area (Å²) >= 11 is 3.18. The maximum absolute atomic E-state index is 13.2. The van der Waals surface area contributed by atoms with E-state index < -0.39 is 6.10 Å². The second kappa shape index (κ2) is 10.7. The highest BCUT2D eigenvalue weighted by molar-refractivity contribution is 8.18. The molecule has 0 fully saturated rings. The summed E-state index contributed by atoms with van der Waals surface area (Å²) in [6, 6.07) is 26.6. The number of hydrogen-bond donors (Lipinski definition) is 0. The number of ketones is 1.